The van der Waals surface area contributed by atoms with Gasteiger partial charge in [0.2, 0.25) is 0 Å². The third-order valence-corrected chi connectivity index (χ3v) is 3.96. The lowest BCUT2D eigenvalue weighted by Gasteiger charge is -2.03. The van der Waals surface area contributed by atoms with Crippen molar-refractivity contribution < 1.29 is 13.6 Å². The molecule has 2 aromatic heterocycles. The minimum Gasteiger partial charge on any atom is -0.320 e. The fourth-order valence-electron chi connectivity index (χ4n) is 2.00. The van der Waals surface area contributed by atoms with E-state index in [1.54, 1.807) is 17.8 Å². The van der Waals surface area contributed by atoms with E-state index in [2.05, 4.69) is 10.4 Å². The van der Waals surface area contributed by atoms with E-state index < -0.39 is 17.5 Å². The number of aryl methyl sites for hydroxylation is 1. The number of anilines is 1. The van der Waals surface area contributed by atoms with E-state index in [-0.39, 0.29) is 11.4 Å². The molecular weight excluding hydrogens is 308 g/mol. The lowest BCUT2D eigenvalue weighted by Crippen LogP contribution is -2.13. The number of rotatable bonds is 3. The second-order valence-corrected chi connectivity index (χ2v) is 5.55. The van der Waals surface area contributed by atoms with Crippen LogP contribution in [0.15, 0.2) is 41.8 Å². The summed E-state index contributed by atoms with van der Waals surface area (Å²) in [4.78, 5) is 13.1. The van der Waals surface area contributed by atoms with Crippen molar-refractivity contribution in [3.05, 3.63) is 59.1 Å². The second-order valence-electron chi connectivity index (χ2n) is 4.60. The summed E-state index contributed by atoms with van der Waals surface area (Å²) in [7, 11) is 1.74. The van der Waals surface area contributed by atoms with E-state index >= 15 is 0 Å². The number of hydrogen-bond acceptors (Lipinski definition) is 3. The topological polar surface area (TPSA) is 46.9 Å². The van der Waals surface area contributed by atoms with Crippen LogP contribution in [0.5, 0.6) is 0 Å². The van der Waals surface area contributed by atoms with E-state index in [4.69, 9.17) is 0 Å². The van der Waals surface area contributed by atoms with Gasteiger partial charge in [0.25, 0.3) is 5.91 Å². The minimum absolute atomic E-state index is 0.173. The number of nitrogens with one attached hydrogen (secondary N) is 1. The van der Waals surface area contributed by atoms with Gasteiger partial charge in [-0.1, -0.05) is 6.07 Å². The normalized spacial score (nSPS) is 10.7. The maximum Gasteiger partial charge on any atom is 0.276 e. The Balaban J connectivity index is 1.83. The zero-order chi connectivity index (χ0) is 15.7. The highest BCUT2D eigenvalue weighted by molar-refractivity contribution is 7.13. The van der Waals surface area contributed by atoms with Gasteiger partial charge in [0.15, 0.2) is 17.3 Å². The number of nitrogens with zero attached hydrogens (tertiary/aromatic N) is 2. The summed E-state index contributed by atoms with van der Waals surface area (Å²) in [6.07, 6.45) is 0. The van der Waals surface area contributed by atoms with Gasteiger partial charge in [-0.3, -0.25) is 9.48 Å². The summed E-state index contributed by atoms with van der Waals surface area (Å²) < 4.78 is 27.6. The van der Waals surface area contributed by atoms with Crippen LogP contribution < -0.4 is 5.32 Å². The minimum atomic E-state index is -1.02. The molecule has 1 amide bonds. The molecular formula is C15H11F2N3OS. The molecule has 0 radical (unpaired) electrons. The summed E-state index contributed by atoms with van der Waals surface area (Å²) in [5, 5.41) is 8.57. The number of aromatic nitrogens is 2. The van der Waals surface area contributed by atoms with E-state index in [9.17, 15) is 13.6 Å². The lowest BCUT2D eigenvalue weighted by atomic mass is 10.2. The maximum absolute atomic E-state index is 13.1. The molecule has 0 aliphatic carbocycles. The summed E-state index contributed by atoms with van der Waals surface area (Å²) in [5.74, 6) is -2.46. The molecule has 0 fully saturated rings. The van der Waals surface area contributed by atoms with Crippen molar-refractivity contribution in [3.63, 3.8) is 0 Å². The number of carbonyl (C=O) groups is 1. The molecule has 2 heterocycles. The Kier molecular flexibility index (Phi) is 3.72. The van der Waals surface area contributed by atoms with Gasteiger partial charge in [-0.15, -0.1) is 11.3 Å². The fourth-order valence-corrected chi connectivity index (χ4v) is 2.77. The molecule has 112 valence electrons. The van der Waals surface area contributed by atoms with Crippen LogP contribution in [0.3, 0.4) is 0 Å². The average Bonchev–Trinajstić information content (AvgIpc) is 3.12. The Labute approximate surface area is 129 Å². The predicted molar refractivity (Wildman–Crippen MR) is 80.8 cm³/mol. The van der Waals surface area contributed by atoms with Crippen LogP contribution >= 0.6 is 11.3 Å². The Hall–Kier alpha value is -2.54. The number of thiophene rings is 1. The number of benzene rings is 1. The first-order valence-electron chi connectivity index (χ1n) is 6.39. The number of carbonyl (C=O) groups excluding carboxylic acids is 1. The largest absolute Gasteiger partial charge is 0.320 e. The quantitative estimate of drug-likeness (QED) is 0.800. The summed E-state index contributed by atoms with van der Waals surface area (Å²) >= 11 is 1.54. The van der Waals surface area contributed by atoms with Gasteiger partial charge in [0, 0.05) is 18.8 Å². The smallest absolute Gasteiger partial charge is 0.276 e. The van der Waals surface area contributed by atoms with Crippen LogP contribution in [0.4, 0.5) is 14.5 Å². The highest BCUT2D eigenvalue weighted by atomic mass is 32.1. The summed E-state index contributed by atoms with van der Waals surface area (Å²) in [6, 6.07) is 8.67. The van der Waals surface area contributed by atoms with Crippen LogP contribution in [-0.4, -0.2) is 15.7 Å². The third-order valence-electron chi connectivity index (χ3n) is 3.06. The highest BCUT2D eigenvalue weighted by Gasteiger charge is 2.15. The Morgan fingerprint density at radius 1 is 1.23 bits per heavy atom. The molecule has 0 bridgehead atoms. The van der Waals surface area contributed by atoms with Gasteiger partial charge >= 0.3 is 0 Å². The molecule has 22 heavy (non-hydrogen) atoms. The SMILES string of the molecule is Cn1nc(C(=O)Nc2ccc(F)c(F)c2)cc1-c1cccs1. The average molecular weight is 319 g/mol. The van der Waals surface area contributed by atoms with Crippen molar-refractivity contribution in [2.75, 3.05) is 5.32 Å². The zero-order valence-electron chi connectivity index (χ0n) is 11.5. The van der Waals surface area contributed by atoms with Crippen LogP contribution in [-0.2, 0) is 7.05 Å². The molecule has 0 aliphatic heterocycles. The molecule has 1 aromatic carbocycles. The van der Waals surface area contributed by atoms with Crippen molar-refractivity contribution >= 4 is 22.9 Å². The number of hydrogen-bond donors (Lipinski definition) is 1. The molecule has 3 rings (SSSR count). The van der Waals surface area contributed by atoms with Gasteiger partial charge in [0.05, 0.1) is 10.6 Å². The molecule has 0 aliphatic rings. The van der Waals surface area contributed by atoms with E-state index in [0.29, 0.717) is 0 Å². The molecule has 4 nitrogen and oxygen atoms in total. The van der Waals surface area contributed by atoms with Crippen molar-refractivity contribution in [3.8, 4) is 10.6 Å². The predicted octanol–water partition coefficient (Wildman–Crippen LogP) is 3.68. The molecule has 0 spiro atoms. The number of amides is 1. The number of halogens is 2. The van der Waals surface area contributed by atoms with Crippen molar-refractivity contribution in [2.24, 2.45) is 7.05 Å². The maximum atomic E-state index is 13.1. The first kappa shape index (κ1) is 14.4. The fraction of sp³-hybridized carbons (Fsp3) is 0.0667. The highest BCUT2D eigenvalue weighted by Crippen LogP contribution is 2.25. The van der Waals surface area contributed by atoms with Gasteiger partial charge in [-0.05, 0) is 29.6 Å². The van der Waals surface area contributed by atoms with Crippen LogP contribution in [0, 0.1) is 11.6 Å². The van der Waals surface area contributed by atoms with Gasteiger partial charge in [0.1, 0.15) is 0 Å². The van der Waals surface area contributed by atoms with Gasteiger partial charge in [-0.25, -0.2) is 8.78 Å². The summed E-state index contributed by atoms with van der Waals surface area (Å²) in [6.45, 7) is 0. The van der Waals surface area contributed by atoms with Gasteiger partial charge in [-0.2, -0.15) is 5.10 Å². The van der Waals surface area contributed by atoms with Crippen LogP contribution in [0.2, 0.25) is 0 Å². The van der Waals surface area contributed by atoms with Crippen LogP contribution in [0.1, 0.15) is 10.5 Å². The zero-order valence-corrected chi connectivity index (χ0v) is 12.3. The molecule has 7 heteroatoms. The van der Waals surface area contributed by atoms with Crippen LogP contribution in [0.25, 0.3) is 10.6 Å². The third kappa shape index (κ3) is 2.75. The lowest BCUT2D eigenvalue weighted by molar-refractivity contribution is 0.102. The first-order valence-corrected chi connectivity index (χ1v) is 7.27. The van der Waals surface area contributed by atoms with E-state index in [0.717, 1.165) is 22.7 Å². The van der Waals surface area contributed by atoms with Crippen molar-refractivity contribution in [1.82, 2.24) is 9.78 Å². The Morgan fingerprint density at radius 3 is 2.73 bits per heavy atom. The van der Waals surface area contributed by atoms with Crippen molar-refractivity contribution in [2.45, 2.75) is 0 Å². The van der Waals surface area contributed by atoms with E-state index in [1.165, 1.54) is 17.4 Å². The summed E-state index contributed by atoms with van der Waals surface area (Å²) in [5.41, 5.74) is 1.19. The Morgan fingerprint density at radius 2 is 2.05 bits per heavy atom. The van der Waals surface area contributed by atoms with Crippen molar-refractivity contribution in [1.29, 1.82) is 0 Å². The Bertz CT molecular complexity index is 827. The standard InChI is InChI=1S/C15H11F2N3OS/c1-20-13(14-3-2-6-22-14)8-12(19-20)15(21)18-9-4-5-10(16)11(17)7-9/h2-8H,1H3,(H,18,21). The molecule has 3 aromatic rings. The molecule has 0 saturated carbocycles. The monoisotopic (exact) mass is 319 g/mol. The molecule has 0 unspecified atom stereocenters. The van der Waals surface area contributed by atoms with Gasteiger partial charge < -0.3 is 5.32 Å². The second kappa shape index (κ2) is 5.69. The molecule has 0 saturated heterocycles. The van der Waals surface area contributed by atoms with E-state index in [1.807, 2.05) is 17.5 Å². The molecule has 0 atom stereocenters. The molecule has 1 N–H and O–H groups in total. The first-order chi connectivity index (χ1) is 10.5.